The molecule has 1 unspecified atom stereocenters. The zero-order valence-electron chi connectivity index (χ0n) is 10.6. The number of hydrogen-bond donors (Lipinski definition) is 1. The number of hydrogen-bond acceptors (Lipinski definition) is 5. The van der Waals surface area contributed by atoms with Crippen molar-refractivity contribution in [1.29, 1.82) is 5.26 Å². The summed E-state index contributed by atoms with van der Waals surface area (Å²) in [6.45, 7) is 3.93. The standard InChI is InChI=1S/C10H21N3O3S/c1-4-10(9-11)17(14,15)12-5-6-13(2)7-8-16-3/h10,12H,4-8H2,1-3H3. The van der Waals surface area contributed by atoms with Crippen molar-refractivity contribution in [2.24, 2.45) is 0 Å². The SMILES string of the molecule is CCC(C#N)S(=O)(=O)NCCN(C)CCOC. The largest absolute Gasteiger partial charge is 0.383 e. The highest BCUT2D eigenvalue weighted by Gasteiger charge is 2.22. The van der Waals surface area contributed by atoms with Crippen LogP contribution in [0, 0.1) is 11.3 Å². The van der Waals surface area contributed by atoms with Gasteiger partial charge in [0.1, 0.15) is 0 Å². The van der Waals surface area contributed by atoms with Crippen LogP contribution in [0.3, 0.4) is 0 Å². The molecule has 100 valence electrons. The minimum absolute atomic E-state index is 0.297. The van der Waals surface area contributed by atoms with Crippen molar-refractivity contribution < 1.29 is 13.2 Å². The van der Waals surface area contributed by atoms with Gasteiger partial charge in [-0.05, 0) is 13.5 Å². The Morgan fingerprint density at radius 1 is 1.47 bits per heavy atom. The average Bonchev–Trinajstić information content (AvgIpc) is 2.27. The summed E-state index contributed by atoms with van der Waals surface area (Å²) in [5.74, 6) is 0. The highest BCUT2D eigenvalue weighted by atomic mass is 32.2. The lowest BCUT2D eigenvalue weighted by molar-refractivity contribution is 0.162. The zero-order valence-corrected chi connectivity index (χ0v) is 11.5. The Labute approximate surface area is 104 Å². The summed E-state index contributed by atoms with van der Waals surface area (Å²) in [6.07, 6.45) is 0.297. The topological polar surface area (TPSA) is 82.4 Å². The van der Waals surface area contributed by atoms with Gasteiger partial charge in [-0.2, -0.15) is 5.26 Å². The van der Waals surface area contributed by atoms with Crippen molar-refractivity contribution in [3.05, 3.63) is 0 Å². The minimum atomic E-state index is -3.51. The molecule has 0 amide bonds. The van der Waals surface area contributed by atoms with Crippen molar-refractivity contribution in [1.82, 2.24) is 9.62 Å². The van der Waals surface area contributed by atoms with Gasteiger partial charge in [0.05, 0.1) is 12.7 Å². The lowest BCUT2D eigenvalue weighted by atomic mass is 10.4. The van der Waals surface area contributed by atoms with Crippen LogP contribution in [0.5, 0.6) is 0 Å². The number of rotatable bonds is 9. The van der Waals surface area contributed by atoms with Crippen LogP contribution in [-0.2, 0) is 14.8 Å². The highest BCUT2D eigenvalue weighted by Crippen LogP contribution is 2.01. The lowest BCUT2D eigenvalue weighted by Gasteiger charge is -2.17. The fourth-order valence-corrected chi connectivity index (χ4v) is 2.37. The molecule has 0 aromatic rings. The molecular formula is C10H21N3O3S. The van der Waals surface area contributed by atoms with Gasteiger partial charge in [0, 0.05) is 26.7 Å². The Hall–Kier alpha value is -0.680. The predicted molar refractivity (Wildman–Crippen MR) is 66.0 cm³/mol. The molecule has 17 heavy (non-hydrogen) atoms. The van der Waals surface area contributed by atoms with E-state index >= 15 is 0 Å². The van der Waals surface area contributed by atoms with E-state index in [4.69, 9.17) is 10.00 Å². The third-order valence-corrected chi connectivity index (χ3v) is 4.16. The van der Waals surface area contributed by atoms with Crippen molar-refractivity contribution in [2.45, 2.75) is 18.6 Å². The fraction of sp³-hybridized carbons (Fsp3) is 0.900. The quantitative estimate of drug-likeness (QED) is 0.622. The molecule has 0 saturated heterocycles. The van der Waals surface area contributed by atoms with Crippen molar-refractivity contribution in [2.75, 3.05) is 40.4 Å². The number of likely N-dealkylation sites (N-methyl/N-ethyl adjacent to an activating group) is 1. The van der Waals surface area contributed by atoms with E-state index in [-0.39, 0.29) is 0 Å². The van der Waals surface area contributed by atoms with Gasteiger partial charge in [0.25, 0.3) is 0 Å². The summed E-state index contributed by atoms with van der Waals surface area (Å²) in [4.78, 5) is 1.96. The first-order valence-electron chi connectivity index (χ1n) is 5.53. The van der Waals surface area contributed by atoms with Gasteiger partial charge in [-0.1, -0.05) is 6.92 Å². The summed E-state index contributed by atoms with van der Waals surface area (Å²) < 4.78 is 30.6. The fourth-order valence-electron chi connectivity index (χ4n) is 1.22. The second-order valence-electron chi connectivity index (χ2n) is 3.76. The molecule has 0 aliphatic rings. The first-order chi connectivity index (χ1) is 7.97. The first kappa shape index (κ1) is 16.3. The van der Waals surface area contributed by atoms with Crippen LogP contribution in [0.25, 0.3) is 0 Å². The number of ether oxygens (including phenoxy) is 1. The molecule has 6 nitrogen and oxygen atoms in total. The maximum Gasteiger partial charge on any atom is 0.228 e. The Balaban J connectivity index is 4.00. The molecule has 0 radical (unpaired) electrons. The Bertz CT molecular complexity index is 337. The van der Waals surface area contributed by atoms with Crippen LogP contribution in [0.4, 0.5) is 0 Å². The second-order valence-corrected chi connectivity index (χ2v) is 5.71. The van der Waals surface area contributed by atoms with Gasteiger partial charge in [-0.15, -0.1) is 0 Å². The smallest absolute Gasteiger partial charge is 0.228 e. The van der Waals surface area contributed by atoms with Gasteiger partial charge in [0.2, 0.25) is 10.0 Å². The lowest BCUT2D eigenvalue weighted by Crippen LogP contribution is -2.38. The molecule has 0 aliphatic heterocycles. The second kappa shape index (κ2) is 8.42. The maximum absolute atomic E-state index is 11.6. The number of nitrogens with one attached hydrogen (secondary N) is 1. The third kappa shape index (κ3) is 6.58. The van der Waals surface area contributed by atoms with Crippen LogP contribution in [-0.4, -0.2) is 59.0 Å². The van der Waals surface area contributed by atoms with Crippen molar-refractivity contribution in [3.8, 4) is 6.07 Å². The summed E-state index contributed by atoms with van der Waals surface area (Å²) in [6, 6.07) is 1.78. The van der Waals surface area contributed by atoms with Gasteiger partial charge in [-0.3, -0.25) is 0 Å². The maximum atomic E-state index is 11.6. The summed E-state index contributed by atoms with van der Waals surface area (Å²) in [5.41, 5.74) is 0. The monoisotopic (exact) mass is 263 g/mol. The number of nitrogens with zero attached hydrogens (tertiary/aromatic N) is 2. The molecule has 0 saturated carbocycles. The zero-order chi connectivity index (χ0) is 13.3. The van der Waals surface area contributed by atoms with Crippen LogP contribution >= 0.6 is 0 Å². The summed E-state index contributed by atoms with van der Waals surface area (Å²) in [5, 5.41) is 7.72. The normalized spacial score (nSPS) is 13.6. The molecule has 0 bridgehead atoms. The van der Waals surface area contributed by atoms with E-state index in [2.05, 4.69) is 4.72 Å². The molecule has 0 aromatic carbocycles. The van der Waals surface area contributed by atoms with E-state index in [1.165, 1.54) is 0 Å². The van der Waals surface area contributed by atoms with Crippen molar-refractivity contribution in [3.63, 3.8) is 0 Å². The van der Waals surface area contributed by atoms with Crippen molar-refractivity contribution >= 4 is 10.0 Å². The molecular weight excluding hydrogens is 242 g/mol. The Kier molecular flexibility index (Phi) is 8.08. The van der Waals surface area contributed by atoms with Crippen LogP contribution < -0.4 is 4.72 Å². The van der Waals surface area contributed by atoms with E-state index < -0.39 is 15.3 Å². The third-order valence-electron chi connectivity index (χ3n) is 2.36. The molecule has 0 spiro atoms. The molecule has 0 aliphatic carbocycles. The van der Waals surface area contributed by atoms with Gasteiger partial charge in [-0.25, -0.2) is 13.1 Å². The van der Waals surface area contributed by atoms with Crippen LogP contribution in [0.15, 0.2) is 0 Å². The highest BCUT2D eigenvalue weighted by molar-refractivity contribution is 7.90. The number of nitriles is 1. The molecule has 1 atom stereocenters. The molecule has 0 aromatic heterocycles. The Morgan fingerprint density at radius 2 is 2.12 bits per heavy atom. The summed E-state index contributed by atoms with van der Waals surface area (Å²) >= 11 is 0. The molecule has 7 heteroatoms. The number of methoxy groups -OCH3 is 1. The Morgan fingerprint density at radius 3 is 2.59 bits per heavy atom. The number of sulfonamides is 1. The predicted octanol–water partition coefficient (Wildman–Crippen LogP) is -0.214. The van der Waals surface area contributed by atoms with E-state index in [9.17, 15) is 8.42 Å². The van der Waals surface area contributed by atoms with E-state index in [0.29, 0.717) is 26.1 Å². The average molecular weight is 263 g/mol. The van der Waals surface area contributed by atoms with Gasteiger partial charge in [0.15, 0.2) is 5.25 Å². The molecule has 0 rings (SSSR count). The minimum Gasteiger partial charge on any atom is -0.383 e. The van der Waals surface area contributed by atoms with Crippen LogP contribution in [0.1, 0.15) is 13.3 Å². The molecule has 0 fully saturated rings. The van der Waals surface area contributed by atoms with E-state index in [1.807, 2.05) is 11.9 Å². The van der Waals surface area contributed by atoms with Crippen LogP contribution in [0.2, 0.25) is 0 Å². The van der Waals surface area contributed by atoms with E-state index in [1.54, 1.807) is 20.1 Å². The molecule has 0 heterocycles. The van der Waals surface area contributed by atoms with Gasteiger partial charge < -0.3 is 9.64 Å². The van der Waals surface area contributed by atoms with Gasteiger partial charge >= 0.3 is 0 Å². The summed E-state index contributed by atoms with van der Waals surface area (Å²) in [7, 11) is -0.00351. The first-order valence-corrected chi connectivity index (χ1v) is 7.08. The van der Waals surface area contributed by atoms with E-state index in [0.717, 1.165) is 6.54 Å². The molecule has 1 N–H and O–H groups in total.